The molecule has 0 radical (unpaired) electrons. The van der Waals surface area contributed by atoms with Gasteiger partial charge in [0.1, 0.15) is 0 Å². The van der Waals surface area contributed by atoms with Gasteiger partial charge in [-0.3, -0.25) is 4.68 Å². The fraction of sp³-hybridized carbons (Fsp3) is 0.800. The van der Waals surface area contributed by atoms with E-state index in [1.165, 1.54) is 0 Å². The summed E-state index contributed by atoms with van der Waals surface area (Å²) in [6.07, 6.45) is 1.96. The van der Waals surface area contributed by atoms with Crippen molar-refractivity contribution in [2.45, 2.75) is 13.5 Å². The normalized spacial score (nSPS) is 13.4. The Morgan fingerprint density at radius 3 is 2.87 bits per heavy atom. The van der Waals surface area contributed by atoms with Gasteiger partial charge in [0.15, 0.2) is 0 Å². The number of rotatable bonds is 6. The van der Waals surface area contributed by atoms with Gasteiger partial charge < -0.3 is 10.2 Å². The van der Waals surface area contributed by atoms with Crippen molar-refractivity contribution in [3.05, 3.63) is 11.9 Å². The van der Waals surface area contributed by atoms with E-state index in [0.29, 0.717) is 5.92 Å². The minimum Gasteiger partial charge on any atom is -0.319 e. The van der Waals surface area contributed by atoms with Crippen LogP contribution in [0.2, 0.25) is 0 Å². The van der Waals surface area contributed by atoms with E-state index >= 15 is 0 Å². The minimum absolute atomic E-state index is 0.650. The molecule has 1 atom stereocenters. The SMILES string of the molecule is CNCC(C)CN(C)Cc1cn(C)nn1. The molecule has 0 aliphatic rings. The molecule has 0 spiro atoms. The van der Waals surface area contributed by atoms with Crippen LogP contribution in [0.3, 0.4) is 0 Å². The number of nitrogens with zero attached hydrogens (tertiary/aromatic N) is 4. The van der Waals surface area contributed by atoms with Crippen molar-refractivity contribution < 1.29 is 0 Å². The van der Waals surface area contributed by atoms with Gasteiger partial charge in [0.05, 0.1) is 5.69 Å². The fourth-order valence-corrected chi connectivity index (χ4v) is 1.75. The molecule has 0 saturated carbocycles. The first-order valence-electron chi connectivity index (χ1n) is 5.30. The number of nitrogens with one attached hydrogen (secondary N) is 1. The lowest BCUT2D eigenvalue weighted by Crippen LogP contribution is -2.29. The molecule has 1 rings (SSSR count). The van der Waals surface area contributed by atoms with E-state index in [4.69, 9.17) is 0 Å². The summed E-state index contributed by atoms with van der Waals surface area (Å²) in [6.45, 7) is 5.22. The Bertz CT molecular complexity index is 283. The Hall–Kier alpha value is -0.940. The van der Waals surface area contributed by atoms with E-state index in [-0.39, 0.29) is 0 Å². The highest BCUT2D eigenvalue weighted by Gasteiger charge is 2.07. The third-order valence-electron chi connectivity index (χ3n) is 2.26. The zero-order valence-corrected chi connectivity index (χ0v) is 10.1. The lowest BCUT2D eigenvalue weighted by atomic mass is 10.1. The lowest BCUT2D eigenvalue weighted by Gasteiger charge is -2.19. The van der Waals surface area contributed by atoms with Crippen molar-refractivity contribution in [2.24, 2.45) is 13.0 Å². The van der Waals surface area contributed by atoms with Crippen molar-refractivity contribution >= 4 is 0 Å². The van der Waals surface area contributed by atoms with E-state index in [1.807, 2.05) is 20.3 Å². The second-order valence-corrected chi connectivity index (χ2v) is 4.24. The van der Waals surface area contributed by atoms with Crippen LogP contribution in [-0.4, -0.2) is 47.1 Å². The number of aryl methyl sites for hydroxylation is 1. The predicted molar refractivity (Wildman–Crippen MR) is 60.4 cm³/mol. The van der Waals surface area contributed by atoms with Crippen molar-refractivity contribution in [3.63, 3.8) is 0 Å². The number of aromatic nitrogens is 3. The van der Waals surface area contributed by atoms with Crippen LogP contribution in [0, 0.1) is 5.92 Å². The Labute approximate surface area is 91.5 Å². The maximum absolute atomic E-state index is 4.06. The van der Waals surface area contributed by atoms with E-state index < -0.39 is 0 Å². The summed E-state index contributed by atoms with van der Waals surface area (Å²) >= 11 is 0. The minimum atomic E-state index is 0.650. The summed E-state index contributed by atoms with van der Waals surface area (Å²) in [7, 11) is 5.99. The molecule has 0 aliphatic heterocycles. The third-order valence-corrected chi connectivity index (χ3v) is 2.26. The number of hydrogen-bond donors (Lipinski definition) is 1. The largest absolute Gasteiger partial charge is 0.319 e. The second-order valence-electron chi connectivity index (χ2n) is 4.24. The van der Waals surface area contributed by atoms with Crippen LogP contribution in [0.15, 0.2) is 6.20 Å². The molecule has 15 heavy (non-hydrogen) atoms. The molecule has 1 aromatic heterocycles. The molecule has 1 N–H and O–H groups in total. The molecular formula is C10H21N5. The van der Waals surface area contributed by atoms with Gasteiger partial charge in [-0.15, -0.1) is 5.10 Å². The van der Waals surface area contributed by atoms with Crippen molar-refractivity contribution in [1.29, 1.82) is 0 Å². The number of hydrogen-bond acceptors (Lipinski definition) is 4. The summed E-state index contributed by atoms with van der Waals surface area (Å²) in [5.41, 5.74) is 1.02. The third kappa shape index (κ3) is 4.40. The first kappa shape index (κ1) is 12.1. The molecule has 0 fully saturated rings. The standard InChI is InChI=1S/C10H21N5/c1-9(5-11-2)6-14(3)7-10-8-15(4)13-12-10/h8-9,11H,5-7H2,1-4H3. The highest BCUT2D eigenvalue weighted by atomic mass is 15.4. The van der Waals surface area contributed by atoms with Gasteiger partial charge in [0.2, 0.25) is 0 Å². The average molecular weight is 211 g/mol. The zero-order chi connectivity index (χ0) is 11.3. The Balaban J connectivity index is 2.32. The molecule has 1 aromatic rings. The second kappa shape index (κ2) is 5.82. The summed E-state index contributed by atoms with van der Waals surface area (Å²) in [5.74, 6) is 0.650. The van der Waals surface area contributed by atoms with Gasteiger partial charge in [-0.2, -0.15) is 0 Å². The van der Waals surface area contributed by atoms with E-state index in [9.17, 15) is 0 Å². The van der Waals surface area contributed by atoms with Crippen LogP contribution in [0.5, 0.6) is 0 Å². The molecule has 0 amide bonds. The van der Waals surface area contributed by atoms with Crippen molar-refractivity contribution in [1.82, 2.24) is 25.2 Å². The molecule has 0 aliphatic carbocycles. The molecule has 1 heterocycles. The van der Waals surface area contributed by atoms with Crippen LogP contribution < -0.4 is 5.32 Å². The molecule has 0 saturated heterocycles. The first-order chi connectivity index (χ1) is 7.11. The topological polar surface area (TPSA) is 46.0 Å². The van der Waals surface area contributed by atoms with Crippen LogP contribution in [0.1, 0.15) is 12.6 Å². The first-order valence-corrected chi connectivity index (χ1v) is 5.30. The fourth-order valence-electron chi connectivity index (χ4n) is 1.75. The highest BCUT2D eigenvalue weighted by molar-refractivity contribution is 4.91. The van der Waals surface area contributed by atoms with Gasteiger partial charge in [-0.25, -0.2) is 0 Å². The molecule has 1 unspecified atom stereocenters. The Kier molecular flexibility index (Phi) is 4.71. The summed E-state index contributed by atoms with van der Waals surface area (Å²) in [5, 5.41) is 11.2. The van der Waals surface area contributed by atoms with Gasteiger partial charge in [0, 0.05) is 26.3 Å². The quantitative estimate of drug-likeness (QED) is 0.725. The molecule has 86 valence electrons. The maximum atomic E-state index is 4.06. The van der Waals surface area contributed by atoms with Crippen molar-refractivity contribution in [2.75, 3.05) is 27.2 Å². The highest BCUT2D eigenvalue weighted by Crippen LogP contribution is 2.01. The van der Waals surface area contributed by atoms with Gasteiger partial charge in [0.25, 0.3) is 0 Å². The van der Waals surface area contributed by atoms with Gasteiger partial charge in [-0.1, -0.05) is 12.1 Å². The van der Waals surface area contributed by atoms with E-state index in [2.05, 4.69) is 34.5 Å². The van der Waals surface area contributed by atoms with Gasteiger partial charge in [-0.05, 0) is 26.6 Å². The summed E-state index contributed by atoms with van der Waals surface area (Å²) in [4.78, 5) is 2.27. The van der Waals surface area contributed by atoms with Crippen LogP contribution in [0.25, 0.3) is 0 Å². The molecule has 0 bridgehead atoms. The van der Waals surface area contributed by atoms with Crippen molar-refractivity contribution in [3.8, 4) is 0 Å². The van der Waals surface area contributed by atoms with Crippen LogP contribution in [-0.2, 0) is 13.6 Å². The maximum Gasteiger partial charge on any atom is 0.0966 e. The Morgan fingerprint density at radius 1 is 1.60 bits per heavy atom. The van der Waals surface area contributed by atoms with E-state index in [1.54, 1.807) is 4.68 Å². The molecular weight excluding hydrogens is 190 g/mol. The average Bonchev–Trinajstić information content (AvgIpc) is 2.51. The summed E-state index contributed by atoms with van der Waals surface area (Å²) in [6, 6.07) is 0. The predicted octanol–water partition coefficient (Wildman–Crippen LogP) is 0.102. The van der Waals surface area contributed by atoms with Gasteiger partial charge >= 0.3 is 0 Å². The molecule has 5 heteroatoms. The summed E-state index contributed by atoms with van der Waals surface area (Å²) < 4.78 is 1.74. The lowest BCUT2D eigenvalue weighted by molar-refractivity contribution is 0.273. The van der Waals surface area contributed by atoms with Crippen LogP contribution in [0.4, 0.5) is 0 Å². The van der Waals surface area contributed by atoms with Crippen LogP contribution >= 0.6 is 0 Å². The molecule has 0 aromatic carbocycles. The Morgan fingerprint density at radius 2 is 2.33 bits per heavy atom. The monoisotopic (exact) mass is 211 g/mol. The zero-order valence-electron chi connectivity index (χ0n) is 10.1. The van der Waals surface area contributed by atoms with E-state index in [0.717, 1.165) is 25.3 Å². The smallest absolute Gasteiger partial charge is 0.0966 e. The molecule has 5 nitrogen and oxygen atoms in total.